The molecule has 118 valence electrons. The molecule has 0 saturated carbocycles. The Morgan fingerprint density at radius 2 is 2.05 bits per heavy atom. The van der Waals surface area contributed by atoms with Crippen LogP contribution in [0.4, 0.5) is 0 Å². The molecule has 1 amide bonds. The van der Waals surface area contributed by atoms with Crippen molar-refractivity contribution >= 4 is 35.0 Å². The van der Waals surface area contributed by atoms with Crippen LogP contribution in [0.3, 0.4) is 0 Å². The summed E-state index contributed by atoms with van der Waals surface area (Å²) in [5.74, 6) is 0.102. The fraction of sp³-hybridized carbons (Fsp3) is 0.600. The van der Waals surface area contributed by atoms with E-state index < -0.39 is 5.97 Å². The van der Waals surface area contributed by atoms with Crippen molar-refractivity contribution in [3.8, 4) is 0 Å². The molecule has 0 aromatic carbocycles. The molecule has 2 N–H and O–H groups in total. The summed E-state index contributed by atoms with van der Waals surface area (Å²) in [5, 5.41) is 13.6. The summed E-state index contributed by atoms with van der Waals surface area (Å²) in [6, 6.07) is 1.80. The quantitative estimate of drug-likeness (QED) is 0.675. The Balaban J connectivity index is 2.25. The molecular weight excluding hydrogens is 306 g/mol. The predicted octanol–water partition coefficient (Wildman–Crippen LogP) is 3.87. The van der Waals surface area contributed by atoms with E-state index in [4.69, 9.17) is 5.11 Å². The van der Waals surface area contributed by atoms with Crippen molar-refractivity contribution < 1.29 is 14.7 Å². The highest BCUT2D eigenvalue weighted by molar-refractivity contribution is 8.00. The van der Waals surface area contributed by atoms with Crippen LogP contribution in [0.15, 0.2) is 16.3 Å². The lowest BCUT2D eigenvalue weighted by molar-refractivity contribution is -0.119. The van der Waals surface area contributed by atoms with Crippen LogP contribution >= 0.6 is 23.1 Å². The minimum Gasteiger partial charge on any atom is -0.477 e. The minimum atomic E-state index is -0.921. The largest absolute Gasteiger partial charge is 0.477 e. The number of hydrogen-bond donors (Lipinski definition) is 2. The van der Waals surface area contributed by atoms with Crippen molar-refractivity contribution in [3.63, 3.8) is 0 Å². The smallest absolute Gasteiger partial charge is 0.345 e. The number of aromatic carboxylic acids is 1. The Bertz CT molecular complexity index is 471. The first kappa shape index (κ1) is 18.0. The van der Waals surface area contributed by atoms with E-state index in [-0.39, 0.29) is 11.9 Å². The molecule has 1 aromatic heterocycles. The number of carbonyl (C=O) groups is 2. The third kappa shape index (κ3) is 7.52. The fourth-order valence-corrected chi connectivity index (χ4v) is 3.56. The number of amides is 1. The molecule has 0 fully saturated rings. The van der Waals surface area contributed by atoms with Crippen LogP contribution in [0.2, 0.25) is 0 Å². The molecule has 4 nitrogen and oxygen atoms in total. The Morgan fingerprint density at radius 3 is 2.62 bits per heavy atom. The summed E-state index contributed by atoms with van der Waals surface area (Å²) >= 11 is 2.56. The lowest BCUT2D eigenvalue weighted by atomic mass is 10.0. The third-order valence-electron chi connectivity index (χ3n) is 2.98. The average Bonchev–Trinajstić information content (AvgIpc) is 2.84. The summed E-state index contributed by atoms with van der Waals surface area (Å²) in [5.41, 5.74) is 0. The second kappa shape index (κ2) is 9.10. The van der Waals surface area contributed by atoms with Gasteiger partial charge in [0.25, 0.3) is 0 Å². The Kier molecular flexibility index (Phi) is 7.82. The lowest BCUT2D eigenvalue weighted by Crippen LogP contribution is -2.33. The van der Waals surface area contributed by atoms with Gasteiger partial charge in [0.2, 0.25) is 5.91 Å². The van der Waals surface area contributed by atoms with Crippen LogP contribution in [-0.4, -0.2) is 28.8 Å². The van der Waals surface area contributed by atoms with E-state index in [2.05, 4.69) is 19.2 Å². The van der Waals surface area contributed by atoms with Crippen molar-refractivity contribution in [1.29, 1.82) is 0 Å². The lowest BCUT2D eigenvalue weighted by Gasteiger charge is -2.14. The molecule has 0 spiro atoms. The number of rotatable bonds is 9. The molecule has 1 aromatic rings. The molecule has 0 aliphatic heterocycles. The fourth-order valence-electron chi connectivity index (χ4n) is 1.88. The van der Waals surface area contributed by atoms with Crippen LogP contribution in [0, 0.1) is 5.92 Å². The van der Waals surface area contributed by atoms with Gasteiger partial charge < -0.3 is 10.4 Å². The summed E-state index contributed by atoms with van der Waals surface area (Å²) in [6.45, 7) is 6.42. The Labute approximate surface area is 134 Å². The molecule has 21 heavy (non-hydrogen) atoms. The highest BCUT2D eigenvalue weighted by atomic mass is 32.2. The molecule has 0 aliphatic rings. The molecule has 0 radical (unpaired) electrons. The molecular formula is C15H23NO3S2. The number of thioether (sulfide) groups is 1. The average molecular weight is 329 g/mol. The van der Waals surface area contributed by atoms with E-state index >= 15 is 0 Å². The van der Waals surface area contributed by atoms with Gasteiger partial charge >= 0.3 is 5.97 Å². The van der Waals surface area contributed by atoms with Gasteiger partial charge in [-0.1, -0.05) is 26.7 Å². The first-order valence-electron chi connectivity index (χ1n) is 7.12. The maximum Gasteiger partial charge on any atom is 0.345 e. The zero-order valence-corrected chi connectivity index (χ0v) is 14.4. The van der Waals surface area contributed by atoms with E-state index in [1.54, 1.807) is 11.4 Å². The summed E-state index contributed by atoms with van der Waals surface area (Å²) in [6.07, 6.45) is 3.30. The first-order valence-corrected chi connectivity index (χ1v) is 8.99. The maximum atomic E-state index is 11.8. The summed E-state index contributed by atoms with van der Waals surface area (Å²) in [4.78, 5) is 23.7. The van der Waals surface area contributed by atoms with Crippen molar-refractivity contribution in [2.75, 3.05) is 5.75 Å². The van der Waals surface area contributed by atoms with Crippen molar-refractivity contribution in [2.24, 2.45) is 5.92 Å². The molecule has 1 heterocycles. The van der Waals surface area contributed by atoms with Crippen molar-refractivity contribution in [1.82, 2.24) is 5.32 Å². The SMILES string of the molecule is CC(C)CCCC(C)NC(=O)CSc1csc(C(=O)O)c1. The minimum absolute atomic E-state index is 0.000113. The van der Waals surface area contributed by atoms with Crippen LogP contribution in [-0.2, 0) is 4.79 Å². The molecule has 1 rings (SSSR count). The van der Waals surface area contributed by atoms with Gasteiger partial charge in [0.1, 0.15) is 4.88 Å². The molecule has 0 saturated heterocycles. The van der Waals surface area contributed by atoms with E-state index in [0.717, 1.165) is 17.7 Å². The Hall–Kier alpha value is -1.01. The van der Waals surface area contributed by atoms with Gasteiger partial charge in [-0.2, -0.15) is 0 Å². The molecule has 1 atom stereocenters. The van der Waals surface area contributed by atoms with Gasteiger partial charge in [0, 0.05) is 16.3 Å². The van der Waals surface area contributed by atoms with Crippen LogP contribution in [0.25, 0.3) is 0 Å². The Morgan fingerprint density at radius 1 is 1.33 bits per heavy atom. The first-order chi connectivity index (χ1) is 9.88. The van der Waals surface area contributed by atoms with Crippen LogP contribution < -0.4 is 5.32 Å². The van der Waals surface area contributed by atoms with Crippen LogP contribution in [0.1, 0.15) is 49.7 Å². The molecule has 0 aliphatic carbocycles. The van der Waals surface area contributed by atoms with Gasteiger partial charge in [-0.3, -0.25) is 4.79 Å². The van der Waals surface area contributed by atoms with Gasteiger partial charge in [0.05, 0.1) is 5.75 Å². The predicted molar refractivity (Wildman–Crippen MR) is 88.3 cm³/mol. The maximum absolute atomic E-state index is 11.8. The highest BCUT2D eigenvalue weighted by Gasteiger charge is 2.11. The van der Waals surface area contributed by atoms with Gasteiger partial charge in [-0.25, -0.2) is 4.79 Å². The van der Waals surface area contributed by atoms with Gasteiger partial charge in [0.15, 0.2) is 0 Å². The number of nitrogens with one attached hydrogen (secondary N) is 1. The second-order valence-corrected chi connectivity index (χ2v) is 7.49. The van der Waals surface area contributed by atoms with E-state index in [1.807, 2.05) is 6.92 Å². The third-order valence-corrected chi connectivity index (χ3v) is 5.03. The standard InChI is InChI=1S/C15H23NO3S2/c1-10(2)5-4-6-11(3)16-14(17)9-20-12-7-13(15(18)19)21-8-12/h7-8,10-11H,4-6,9H2,1-3H3,(H,16,17)(H,18,19). The van der Waals surface area contributed by atoms with Crippen molar-refractivity contribution in [2.45, 2.75) is 51.0 Å². The highest BCUT2D eigenvalue weighted by Crippen LogP contribution is 2.24. The van der Waals surface area contributed by atoms with Crippen molar-refractivity contribution in [3.05, 3.63) is 16.3 Å². The number of hydrogen-bond acceptors (Lipinski definition) is 4. The van der Waals surface area contributed by atoms with Crippen LogP contribution in [0.5, 0.6) is 0 Å². The van der Waals surface area contributed by atoms with E-state index in [9.17, 15) is 9.59 Å². The number of carbonyl (C=O) groups excluding carboxylic acids is 1. The van der Waals surface area contributed by atoms with E-state index in [0.29, 0.717) is 16.5 Å². The zero-order chi connectivity index (χ0) is 15.8. The number of carboxylic acids is 1. The summed E-state index contributed by atoms with van der Waals surface area (Å²) in [7, 11) is 0. The summed E-state index contributed by atoms with van der Waals surface area (Å²) < 4.78 is 0. The van der Waals surface area contributed by atoms with Gasteiger partial charge in [-0.05, 0) is 25.3 Å². The molecule has 1 unspecified atom stereocenters. The normalized spacial score (nSPS) is 12.4. The molecule has 0 bridgehead atoms. The topological polar surface area (TPSA) is 66.4 Å². The second-order valence-electron chi connectivity index (χ2n) is 5.53. The van der Waals surface area contributed by atoms with E-state index in [1.165, 1.54) is 29.5 Å². The number of thiophene rings is 1. The zero-order valence-electron chi connectivity index (χ0n) is 12.7. The number of carboxylic acid groups (broad SMARTS) is 1. The van der Waals surface area contributed by atoms with Gasteiger partial charge in [-0.15, -0.1) is 23.1 Å². The monoisotopic (exact) mass is 329 g/mol. The molecule has 6 heteroatoms.